The number of ether oxygens (including phenoxy) is 1. The summed E-state index contributed by atoms with van der Waals surface area (Å²) in [7, 11) is -1.81. The van der Waals surface area contributed by atoms with Crippen molar-refractivity contribution < 1.29 is 13.2 Å². The zero-order valence-corrected chi connectivity index (χ0v) is 13.6. The zero-order valence-electron chi connectivity index (χ0n) is 12.8. The number of nitrogens with one attached hydrogen (secondary N) is 1. The van der Waals surface area contributed by atoms with Crippen LogP contribution in [0, 0.1) is 6.92 Å². The van der Waals surface area contributed by atoms with Crippen LogP contribution in [-0.4, -0.2) is 38.2 Å². The summed E-state index contributed by atoms with van der Waals surface area (Å²) in [5, 5.41) is 0. The van der Waals surface area contributed by atoms with Crippen LogP contribution in [0.15, 0.2) is 41.4 Å². The molecule has 22 heavy (non-hydrogen) atoms. The van der Waals surface area contributed by atoms with Crippen molar-refractivity contribution in [3.05, 3.63) is 48.0 Å². The smallest absolute Gasteiger partial charge is 0.240 e. The van der Waals surface area contributed by atoms with Gasteiger partial charge in [0.1, 0.15) is 5.82 Å². The third-order valence-electron chi connectivity index (χ3n) is 3.35. The molecule has 1 N–H and O–H groups in total. The number of methoxy groups -OCH3 is 1. The van der Waals surface area contributed by atoms with E-state index in [1.54, 1.807) is 43.6 Å². The van der Waals surface area contributed by atoms with Crippen molar-refractivity contribution in [3.63, 3.8) is 0 Å². The van der Waals surface area contributed by atoms with Gasteiger partial charge in [0, 0.05) is 38.5 Å². The van der Waals surface area contributed by atoms with Gasteiger partial charge in [-0.05, 0) is 19.1 Å². The third-order valence-corrected chi connectivity index (χ3v) is 4.83. The van der Waals surface area contributed by atoms with Crippen LogP contribution in [0.2, 0.25) is 0 Å². The minimum absolute atomic E-state index is 0.272. The fourth-order valence-electron chi connectivity index (χ4n) is 2.18. The molecule has 2 rings (SSSR count). The molecule has 0 aliphatic rings. The molecule has 0 radical (unpaired) electrons. The molecule has 0 saturated heterocycles. The van der Waals surface area contributed by atoms with Crippen LogP contribution in [-0.2, 0) is 27.7 Å². The Morgan fingerprint density at radius 1 is 1.27 bits per heavy atom. The molecule has 0 aliphatic heterocycles. The van der Waals surface area contributed by atoms with Crippen molar-refractivity contribution in [3.8, 4) is 0 Å². The Morgan fingerprint density at radius 2 is 2.00 bits per heavy atom. The number of nitrogens with zero attached hydrogens (tertiary/aromatic N) is 2. The van der Waals surface area contributed by atoms with Gasteiger partial charge in [-0.3, -0.25) is 0 Å². The second-order valence-corrected chi connectivity index (χ2v) is 6.69. The molecule has 2 aromatic rings. The maximum absolute atomic E-state index is 12.1. The number of aryl methyl sites for hydroxylation is 1. The van der Waals surface area contributed by atoms with Crippen LogP contribution in [0.5, 0.6) is 0 Å². The molecule has 0 spiro atoms. The molecule has 1 heterocycles. The van der Waals surface area contributed by atoms with E-state index in [1.165, 1.54) is 0 Å². The largest absolute Gasteiger partial charge is 0.383 e. The van der Waals surface area contributed by atoms with Crippen molar-refractivity contribution in [2.75, 3.05) is 20.3 Å². The van der Waals surface area contributed by atoms with Gasteiger partial charge in [-0.2, -0.15) is 0 Å². The molecule has 0 atom stereocenters. The number of hydrogen-bond donors (Lipinski definition) is 1. The second-order valence-electron chi connectivity index (χ2n) is 4.92. The van der Waals surface area contributed by atoms with E-state index >= 15 is 0 Å². The quantitative estimate of drug-likeness (QED) is 0.796. The Balaban J connectivity index is 1.97. The minimum Gasteiger partial charge on any atom is -0.383 e. The van der Waals surface area contributed by atoms with Crippen molar-refractivity contribution in [2.24, 2.45) is 0 Å². The Bertz CT molecular complexity index is 696. The summed E-state index contributed by atoms with van der Waals surface area (Å²) in [6.45, 7) is 3.59. The first kappa shape index (κ1) is 16.7. The number of sulfonamides is 1. The van der Waals surface area contributed by atoms with E-state index in [0.29, 0.717) is 26.1 Å². The summed E-state index contributed by atoms with van der Waals surface area (Å²) >= 11 is 0. The summed E-state index contributed by atoms with van der Waals surface area (Å²) < 4.78 is 34.0. The fourth-order valence-corrected chi connectivity index (χ4v) is 3.23. The summed E-state index contributed by atoms with van der Waals surface area (Å²) in [5.41, 5.74) is 1.04. The number of imidazole rings is 1. The first-order chi connectivity index (χ1) is 10.5. The summed E-state index contributed by atoms with van der Waals surface area (Å²) in [6, 6.07) is 8.34. The summed E-state index contributed by atoms with van der Waals surface area (Å²) in [6.07, 6.45) is 2.32. The van der Waals surface area contributed by atoms with E-state index in [1.807, 2.05) is 11.5 Å². The van der Waals surface area contributed by atoms with E-state index < -0.39 is 10.0 Å². The number of rotatable bonds is 8. The highest BCUT2D eigenvalue weighted by Crippen LogP contribution is 2.08. The van der Waals surface area contributed by atoms with Crippen molar-refractivity contribution in [2.45, 2.75) is 24.8 Å². The predicted molar refractivity (Wildman–Crippen MR) is 84.2 cm³/mol. The van der Waals surface area contributed by atoms with Gasteiger partial charge < -0.3 is 9.30 Å². The van der Waals surface area contributed by atoms with Gasteiger partial charge in [0.05, 0.1) is 11.5 Å². The average molecular weight is 323 g/mol. The molecule has 0 aliphatic carbocycles. The van der Waals surface area contributed by atoms with Gasteiger partial charge in [0.15, 0.2) is 0 Å². The Morgan fingerprint density at radius 3 is 2.68 bits per heavy atom. The molecule has 7 heteroatoms. The minimum atomic E-state index is -3.47. The van der Waals surface area contributed by atoms with Crippen LogP contribution < -0.4 is 4.72 Å². The second kappa shape index (κ2) is 7.53. The monoisotopic (exact) mass is 323 g/mol. The van der Waals surface area contributed by atoms with Gasteiger partial charge in [0.25, 0.3) is 0 Å². The van der Waals surface area contributed by atoms with Gasteiger partial charge in [-0.1, -0.05) is 18.2 Å². The first-order valence-corrected chi connectivity index (χ1v) is 8.57. The molecule has 1 aromatic heterocycles. The average Bonchev–Trinajstić information content (AvgIpc) is 2.86. The van der Waals surface area contributed by atoms with Crippen LogP contribution in [0.4, 0.5) is 0 Å². The zero-order chi connectivity index (χ0) is 16.0. The molecule has 0 saturated carbocycles. The Labute approximate surface area is 131 Å². The lowest BCUT2D eigenvalue weighted by atomic mass is 10.4. The summed E-state index contributed by atoms with van der Waals surface area (Å²) in [4.78, 5) is 4.61. The maximum atomic E-state index is 12.1. The first-order valence-electron chi connectivity index (χ1n) is 7.09. The lowest BCUT2D eigenvalue weighted by Gasteiger charge is -2.10. The van der Waals surface area contributed by atoms with Gasteiger partial charge in [-0.25, -0.2) is 18.1 Å². The molecule has 6 nitrogen and oxygen atoms in total. The molecular weight excluding hydrogens is 302 g/mol. The fraction of sp³-hybridized carbons (Fsp3) is 0.400. The lowest BCUT2D eigenvalue weighted by molar-refractivity contribution is 0.185. The number of aromatic nitrogens is 2. The van der Waals surface area contributed by atoms with Crippen LogP contribution in [0.1, 0.15) is 11.5 Å². The standard InChI is InChI=1S/C15H21N3O3S/c1-13-12-16-15(18(13)10-11-21-2)8-9-17-22(19,20)14-6-4-3-5-7-14/h3-7,12,17H,8-11H2,1-2H3. The van der Waals surface area contributed by atoms with Crippen LogP contribution in [0.3, 0.4) is 0 Å². The summed E-state index contributed by atoms with van der Waals surface area (Å²) in [5.74, 6) is 0.852. The SMILES string of the molecule is COCCn1c(C)cnc1CCNS(=O)(=O)c1ccccc1. The highest BCUT2D eigenvalue weighted by atomic mass is 32.2. The molecule has 0 fully saturated rings. The Hall–Kier alpha value is -1.70. The van der Waals surface area contributed by atoms with E-state index in [-0.39, 0.29) is 4.90 Å². The number of hydrogen-bond acceptors (Lipinski definition) is 4. The van der Waals surface area contributed by atoms with Crippen molar-refractivity contribution >= 4 is 10.0 Å². The van der Waals surface area contributed by atoms with E-state index in [4.69, 9.17) is 4.74 Å². The van der Waals surface area contributed by atoms with Crippen molar-refractivity contribution in [1.29, 1.82) is 0 Å². The number of benzene rings is 1. The van der Waals surface area contributed by atoms with Crippen LogP contribution in [0.25, 0.3) is 0 Å². The predicted octanol–water partition coefficient (Wildman–Crippen LogP) is 1.36. The lowest BCUT2D eigenvalue weighted by Crippen LogP contribution is -2.27. The van der Waals surface area contributed by atoms with E-state index in [9.17, 15) is 8.42 Å². The van der Waals surface area contributed by atoms with Gasteiger partial charge in [0.2, 0.25) is 10.0 Å². The third kappa shape index (κ3) is 4.16. The van der Waals surface area contributed by atoms with Gasteiger partial charge >= 0.3 is 0 Å². The molecule has 0 amide bonds. The molecule has 0 unspecified atom stereocenters. The molecule has 120 valence electrons. The molecule has 0 bridgehead atoms. The molecular formula is C15H21N3O3S. The normalized spacial score (nSPS) is 11.7. The Kier molecular flexibility index (Phi) is 5.70. The van der Waals surface area contributed by atoms with E-state index in [2.05, 4.69) is 9.71 Å². The highest BCUT2D eigenvalue weighted by molar-refractivity contribution is 7.89. The topological polar surface area (TPSA) is 73.2 Å². The van der Waals surface area contributed by atoms with Gasteiger partial charge in [-0.15, -0.1) is 0 Å². The van der Waals surface area contributed by atoms with E-state index in [0.717, 1.165) is 11.5 Å². The highest BCUT2D eigenvalue weighted by Gasteiger charge is 2.13. The van der Waals surface area contributed by atoms with Crippen LogP contribution >= 0.6 is 0 Å². The maximum Gasteiger partial charge on any atom is 0.240 e. The molecule has 1 aromatic carbocycles. The van der Waals surface area contributed by atoms with Crippen molar-refractivity contribution in [1.82, 2.24) is 14.3 Å².